The molecule has 1 N–H and O–H groups in total. The minimum atomic E-state index is -0.514. The van der Waals surface area contributed by atoms with Crippen molar-refractivity contribution in [3.63, 3.8) is 0 Å². The zero-order valence-corrected chi connectivity index (χ0v) is 15.7. The number of nitrogens with zero attached hydrogens (tertiary/aromatic N) is 1. The number of benzene rings is 2. The molecule has 0 saturated heterocycles. The molecule has 0 aliphatic rings. The highest BCUT2D eigenvalue weighted by Gasteiger charge is 2.19. The molecule has 0 bridgehead atoms. The Hall–Kier alpha value is -3.21. The van der Waals surface area contributed by atoms with Crippen LogP contribution in [0.15, 0.2) is 48.5 Å². The monoisotopic (exact) mass is 362 g/mol. The van der Waals surface area contributed by atoms with E-state index in [-0.39, 0.29) is 12.5 Å². The van der Waals surface area contributed by atoms with E-state index in [0.717, 1.165) is 27.7 Å². The fraction of sp³-hybridized carbons (Fsp3) is 0.227. The summed E-state index contributed by atoms with van der Waals surface area (Å²) in [5, 5.41) is 3.45. The Bertz CT molecular complexity index is 994. The van der Waals surface area contributed by atoms with Crippen LogP contribution in [0.1, 0.15) is 34.1 Å². The van der Waals surface area contributed by atoms with Crippen LogP contribution in [0.4, 0.5) is 5.69 Å². The molecule has 1 aromatic heterocycles. The maximum absolute atomic E-state index is 12.7. The van der Waals surface area contributed by atoms with Gasteiger partial charge in [0.05, 0.1) is 11.1 Å². The van der Waals surface area contributed by atoms with Crippen molar-refractivity contribution in [1.82, 2.24) is 4.98 Å². The minimum absolute atomic E-state index is 0.343. The van der Waals surface area contributed by atoms with Crippen molar-refractivity contribution < 1.29 is 14.3 Å². The lowest BCUT2D eigenvalue weighted by Crippen LogP contribution is -2.21. The number of hydrogen-bond donors (Lipinski definition) is 1. The lowest BCUT2D eigenvalue weighted by Gasteiger charge is -2.13. The van der Waals surface area contributed by atoms with E-state index in [1.54, 1.807) is 0 Å². The number of hydrogen-bond acceptors (Lipinski definition) is 4. The lowest BCUT2D eigenvalue weighted by molar-refractivity contribution is -0.119. The third-order valence-corrected chi connectivity index (χ3v) is 4.45. The maximum atomic E-state index is 12.7. The van der Waals surface area contributed by atoms with Gasteiger partial charge in [0.1, 0.15) is 0 Å². The summed E-state index contributed by atoms with van der Waals surface area (Å²) < 4.78 is 5.30. The van der Waals surface area contributed by atoms with E-state index in [0.29, 0.717) is 17.7 Å². The second-order valence-corrected chi connectivity index (χ2v) is 6.42. The molecule has 5 heteroatoms. The van der Waals surface area contributed by atoms with E-state index < -0.39 is 5.97 Å². The third kappa shape index (κ3) is 4.14. The highest BCUT2D eigenvalue weighted by atomic mass is 16.5. The minimum Gasteiger partial charge on any atom is -0.452 e. The molecule has 0 saturated carbocycles. The van der Waals surface area contributed by atoms with Crippen molar-refractivity contribution in [2.45, 2.75) is 27.2 Å². The van der Waals surface area contributed by atoms with Gasteiger partial charge in [-0.3, -0.25) is 9.78 Å². The van der Waals surface area contributed by atoms with Crippen LogP contribution in [0.5, 0.6) is 0 Å². The van der Waals surface area contributed by atoms with E-state index in [1.165, 1.54) is 0 Å². The van der Waals surface area contributed by atoms with Crippen LogP contribution < -0.4 is 5.32 Å². The number of rotatable bonds is 5. The van der Waals surface area contributed by atoms with Gasteiger partial charge in [-0.05, 0) is 44.0 Å². The van der Waals surface area contributed by atoms with Crippen molar-refractivity contribution in [2.24, 2.45) is 0 Å². The van der Waals surface area contributed by atoms with E-state index in [2.05, 4.69) is 10.3 Å². The van der Waals surface area contributed by atoms with Crippen LogP contribution in [0, 0.1) is 13.8 Å². The molecule has 3 aromatic rings. The third-order valence-electron chi connectivity index (χ3n) is 4.45. The second-order valence-electron chi connectivity index (χ2n) is 6.42. The highest BCUT2D eigenvalue weighted by molar-refractivity contribution is 6.05. The number of para-hydroxylation sites is 1. The Balaban J connectivity index is 1.77. The molecular formula is C22H22N2O3. The van der Waals surface area contributed by atoms with Crippen LogP contribution >= 0.6 is 0 Å². The molecule has 5 nitrogen and oxygen atoms in total. The number of ether oxygens (including phenoxy) is 1. The molecule has 0 fully saturated rings. The van der Waals surface area contributed by atoms with Gasteiger partial charge >= 0.3 is 5.97 Å². The number of amides is 1. The average Bonchev–Trinajstić information content (AvgIpc) is 2.67. The summed E-state index contributed by atoms with van der Waals surface area (Å²) in [7, 11) is 0. The van der Waals surface area contributed by atoms with Crippen LogP contribution in [0.2, 0.25) is 0 Å². The van der Waals surface area contributed by atoms with E-state index in [9.17, 15) is 9.59 Å². The van der Waals surface area contributed by atoms with Crippen LogP contribution in [-0.2, 0) is 16.0 Å². The normalized spacial score (nSPS) is 10.6. The van der Waals surface area contributed by atoms with Crippen LogP contribution in [-0.4, -0.2) is 23.5 Å². The van der Waals surface area contributed by atoms with Crippen molar-refractivity contribution in [3.05, 3.63) is 70.9 Å². The number of aryl methyl sites for hydroxylation is 2. The van der Waals surface area contributed by atoms with Gasteiger partial charge in [0.2, 0.25) is 0 Å². The molecule has 1 amide bonds. The fourth-order valence-corrected chi connectivity index (χ4v) is 3.00. The molecule has 3 rings (SSSR count). The molecule has 0 atom stereocenters. The summed E-state index contributed by atoms with van der Waals surface area (Å²) in [5.41, 5.74) is 4.63. The average molecular weight is 362 g/mol. The molecule has 0 radical (unpaired) electrons. The summed E-state index contributed by atoms with van der Waals surface area (Å²) in [6.07, 6.45) is 0.713. The highest BCUT2D eigenvalue weighted by Crippen LogP contribution is 2.24. The van der Waals surface area contributed by atoms with Gasteiger partial charge in [-0.2, -0.15) is 0 Å². The van der Waals surface area contributed by atoms with Gasteiger partial charge in [-0.1, -0.05) is 42.8 Å². The summed E-state index contributed by atoms with van der Waals surface area (Å²) >= 11 is 0. The summed E-state index contributed by atoms with van der Waals surface area (Å²) in [4.78, 5) is 29.4. The number of aromatic nitrogens is 1. The van der Waals surface area contributed by atoms with Gasteiger partial charge < -0.3 is 10.1 Å². The molecule has 1 heterocycles. The first kappa shape index (κ1) is 18.6. The number of fused-ring (bicyclic) bond motifs is 1. The zero-order valence-electron chi connectivity index (χ0n) is 15.7. The van der Waals surface area contributed by atoms with Gasteiger partial charge in [-0.25, -0.2) is 4.79 Å². The van der Waals surface area contributed by atoms with Gasteiger partial charge in [0.25, 0.3) is 5.91 Å². The van der Waals surface area contributed by atoms with E-state index in [4.69, 9.17) is 4.74 Å². The Morgan fingerprint density at radius 2 is 1.74 bits per heavy atom. The zero-order chi connectivity index (χ0) is 19.4. The van der Waals surface area contributed by atoms with Crippen LogP contribution in [0.3, 0.4) is 0 Å². The molecule has 138 valence electrons. The lowest BCUT2D eigenvalue weighted by atomic mass is 10.0. The first-order chi connectivity index (χ1) is 13.0. The SMILES string of the molecule is CCc1nc2ccccc2c(C(=O)OCC(=O)Nc2ccc(C)cc2)c1C. The number of anilines is 1. The molecular weight excluding hydrogens is 340 g/mol. The summed E-state index contributed by atoms with van der Waals surface area (Å²) in [5.74, 6) is -0.890. The predicted octanol–water partition coefficient (Wildman–Crippen LogP) is 4.21. The number of carbonyl (C=O) groups is 2. The summed E-state index contributed by atoms with van der Waals surface area (Å²) in [6.45, 7) is 5.49. The molecule has 0 unspecified atom stereocenters. The van der Waals surface area contributed by atoms with Crippen molar-refractivity contribution in [3.8, 4) is 0 Å². The fourth-order valence-electron chi connectivity index (χ4n) is 3.00. The first-order valence-electron chi connectivity index (χ1n) is 8.91. The number of pyridine rings is 1. The van der Waals surface area contributed by atoms with Crippen molar-refractivity contribution in [1.29, 1.82) is 0 Å². The quantitative estimate of drug-likeness (QED) is 0.691. The molecule has 0 aliphatic heterocycles. The number of nitrogens with one attached hydrogen (secondary N) is 1. The van der Waals surface area contributed by atoms with E-state index in [1.807, 2.05) is 69.3 Å². The summed E-state index contributed by atoms with van der Waals surface area (Å²) in [6, 6.07) is 14.9. The van der Waals surface area contributed by atoms with Gasteiger partial charge in [-0.15, -0.1) is 0 Å². The van der Waals surface area contributed by atoms with Crippen molar-refractivity contribution >= 4 is 28.5 Å². The number of carbonyl (C=O) groups excluding carboxylic acids is 2. The molecule has 0 aliphatic carbocycles. The van der Waals surface area contributed by atoms with Crippen molar-refractivity contribution in [2.75, 3.05) is 11.9 Å². The largest absolute Gasteiger partial charge is 0.452 e. The Morgan fingerprint density at radius 1 is 1.04 bits per heavy atom. The van der Waals surface area contributed by atoms with E-state index >= 15 is 0 Å². The maximum Gasteiger partial charge on any atom is 0.339 e. The second kappa shape index (κ2) is 7.99. The molecule has 0 spiro atoms. The number of esters is 1. The molecule has 2 aromatic carbocycles. The van der Waals surface area contributed by atoms with Crippen LogP contribution in [0.25, 0.3) is 10.9 Å². The standard InChI is InChI=1S/C22H22N2O3/c1-4-18-15(3)21(17-7-5-6-8-19(17)24-18)22(26)27-13-20(25)23-16-11-9-14(2)10-12-16/h5-12H,4,13H2,1-3H3,(H,23,25). The van der Waals surface area contributed by atoms with Gasteiger partial charge in [0.15, 0.2) is 6.61 Å². The van der Waals surface area contributed by atoms with Gasteiger partial charge in [0, 0.05) is 16.8 Å². The Morgan fingerprint density at radius 3 is 2.44 bits per heavy atom. The smallest absolute Gasteiger partial charge is 0.339 e. The Labute approximate surface area is 158 Å². The first-order valence-corrected chi connectivity index (χ1v) is 8.91. The topological polar surface area (TPSA) is 68.3 Å². The molecule has 27 heavy (non-hydrogen) atoms. The Kier molecular flexibility index (Phi) is 5.50. The predicted molar refractivity (Wildman–Crippen MR) is 106 cm³/mol.